The van der Waals surface area contributed by atoms with Crippen molar-refractivity contribution in [2.24, 2.45) is 0 Å². The van der Waals surface area contributed by atoms with Gasteiger partial charge in [-0.2, -0.15) is 0 Å². The van der Waals surface area contributed by atoms with Crippen molar-refractivity contribution in [1.82, 2.24) is 0 Å². The summed E-state index contributed by atoms with van der Waals surface area (Å²) in [5.41, 5.74) is 1.29. The quantitative estimate of drug-likeness (QED) is 0.843. The molecule has 6 heteroatoms. The van der Waals surface area contributed by atoms with Crippen LogP contribution in [0, 0.1) is 0 Å². The molecule has 92 valence electrons. The zero-order valence-electron chi connectivity index (χ0n) is 9.57. The summed E-state index contributed by atoms with van der Waals surface area (Å²) in [6.45, 7) is 0. The number of methoxy groups -OCH3 is 1. The summed E-state index contributed by atoms with van der Waals surface area (Å²) in [6.07, 6.45) is -0.456. The first kappa shape index (κ1) is 13.3. The third-order valence-corrected chi connectivity index (χ3v) is 2.35. The monoisotopic (exact) mass is 256 g/mol. The molecule has 17 heavy (non-hydrogen) atoms. The summed E-state index contributed by atoms with van der Waals surface area (Å²) in [7, 11) is 2.91. The lowest BCUT2D eigenvalue weighted by atomic mass is 10.2. The van der Waals surface area contributed by atoms with Crippen molar-refractivity contribution in [3.63, 3.8) is 0 Å². The molecule has 1 aromatic carbocycles. The second kappa shape index (κ2) is 6.10. The van der Waals surface area contributed by atoms with Gasteiger partial charge in [0, 0.05) is 18.4 Å². The van der Waals surface area contributed by atoms with Gasteiger partial charge in [-0.3, -0.25) is 9.69 Å². The van der Waals surface area contributed by atoms with E-state index in [0.717, 1.165) is 0 Å². The molecule has 0 spiro atoms. The molecule has 0 fully saturated rings. The maximum atomic E-state index is 11.2. The van der Waals surface area contributed by atoms with E-state index in [1.807, 2.05) is 0 Å². The summed E-state index contributed by atoms with van der Waals surface area (Å²) in [5.74, 6) is -0.371. The van der Waals surface area contributed by atoms with E-state index in [2.05, 4.69) is 10.1 Å². The minimum atomic E-state index is -0.456. The normalized spacial score (nSPS) is 9.59. The number of ether oxygens (including phenoxy) is 1. The van der Waals surface area contributed by atoms with Gasteiger partial charge in [-0.25, -0.2) is 4.79 Å². The highest BCUT2D eigenvalue weighted by Gasteiger charge is 2.10. The zero-order chi connectivity index (χ0) is 12.8. The molecule has 5 nitrogen and oxygen atoms in total. The van der Waals surface area contributed by atoms with Crippen molar-refractivity contribution in [3.8, 4) is 0 Å². The van der Waals surface area contributed by atoms with Crippen LogP contribution in [0.15, 0.2) is 24.3 Å². The van der Waals surface area contributed by atoms with Crippen LogP contribution in [0.1, 0.15) is 0 Å². The number of nitrogens with zero attached hydrogens (tertiary/aromatic N) is 1. The van der Waals surface area contributed by atoms with Gasteiger partial charge >= 0.3 is 6.09 Å². The number of carbonyl (C=O) groups excluding carboxylic acids is 2. The summed E-state index contributed by atoms with van der Waals surface area (Å²) in [6, 6.07) is 6.75. The maximum absolute atomic E-state index is 11.2. The molecule has 0 aliphatic heterocycles. The zero-order valence-corrected chi connectivity index (χ0v) is 10.3. The second-order valence-electron chi connectivity index (χ2n) is 3.26. The van der Waals surface area contributed by atoms with Gasteiger partial charge in [0.05, 0.1) is 7.11 Å². The third kappa shape index (κ3) is 3.64. The molecule has 0 bridgehead atoms. The molecule has 0 heterocycles. The summed E-state index contributed by atoms with van der Waals surface area (Å²) < 4.78 is 4.58. The molecular formula is C11H13ClN2O3. The first-order valence-corrected chi connectivity index (χ1v) is 5.39. The largest absolute Gasteiger partial charge is 0.452 e. The van der Waals surface area contributed by atoms with Crippen LogP contribution in [0.3, 0.4) is 0 Å². The molecule has 0 saturated carbocycles. The smallest absolute Gasteiger partial charge is 0.413 e. The van der Waals surface area contributed by atoms with Crippen LogP contribution in [-0.2, 0) is 9.53 Å². The van der Waals surface area contributed by atoms with E-state index >= 15 is 0 Å². The van der Waals surface area contributed by atoms with Crippen molar-refractivity contribution in [2.45, 2.75) is 0 Å². The molecule has 0 aliphatic carbocycles. The lowest BCUT2D eigenvalue weighted by Gasteiger charge is -2.15. The number of amides is 2. The number of rotatable bonds is 3. The van der Waals surface area contributed by atoms with E-state index in [4.69, 9.17) is 11.6 Å². The topological polar surface area (TPSA) is 58.6 Å². The van der Waals surface area contributed by atoms with Gasteiger partial charge in [0.2, 0.25) is 5.91 Å². The third-order valence-electron chi connectivity index (χ3n) is 2.11. The number of anilines is 2. The Morgan fingerprint density at radius 2 is 1.94 bits per heavy atom. The van der Waals surface area contributed by atoms with E-state index in [0.29, 0.717) is 11.4 Å². The first-order chi connectivity index (χ1) is 8.08. The fourth-order valence-corrected chi connectivity index (χ4v) is 1.27. The highest BCUT2D eigenvalue weighted by atomic mass is 35.5. The average Bonchev–Trinajstić information content (AvgIpc) is 2.37. The summed E-state index contributed by atoms with van der Waals surface area (Å²) in [5, 5.41) is 2.60. The number of carbonyl (C=O) groups is 2. The number of halogens is 1. The van der Waals surface area contributed by atoms with Crippen molar-refractivity contribution >= 4 is 35.0 Å². The van der Waals surface area contributed by atoms with Crippen molar-refractivity contribution < 1.29 is 14.3 Å². The maximum Gasteiger partial charge on any atom is 0.413 e. The molecular weight excluding hydrogens is 244 g/mol. The lowest BCUT2D eigenvalue weighted by molar-refractivity contribution is -0.113. The van der Waals surface area contributed by atoms with Gasteiger partial charge in [0.25, 0.3) is 0 Å². The van der Waals surface area contributed by atoms with Crippen LogP contribution in [0.4, 0.5) is 16.2 Å². The molecule has 1 N–H and O–H groups in total. The Labute approximate surface area is 104 Å². The van der Waals surface area contributed by atoms with Crippen LogP contribution >= 0.6 is 11.6 Å². The second-order valence-corrected chi connectivity index (χ2v) is 3.52. The van der Waals surface area contributed by atoms with Gasteiger partial charge in [0.1, 0.15) is 5.88 Å². The van der Waals surface area contributed by atoms with E-state index in [9.17, 15) is 9.59 Å². The van der Waals surface area contributed by atoms with E-state index in [1.54, 1.807) is 31.3 Å². The lowest BCUT2D eigenvalue weighted by Crippen LogP contribution is -2.25. The molecule has 0 atom stereocenters. The molecule has 0 saturated heterocycles. The predicted molar refractivity (Wildman–Crippen MR) is 66.6 cm³/mol. The number of alkyl halides is 1. The van der Waals surface area contributed by atoms with Gasteiger partial charge in [0.15, 0.2) is 0 Å². The number of nitrogens with one attached hydrogen (secondary N) is 1. The molecule has 2 amide bonds. The van der Waals surface area contributed by atoms with Crippen LogP contribution in [0.25, 0.3) is 0 Å². The minimum Gasteiger partial charge on any atom is -0.452 e. The minimum absolute atomic E-state index is 0.0934. The first-order valence-electron chi connectivity index (χ1n) is 4.86. The Hall–Kier alpha value is -1.75. The SMILES string of the molecule is COC(=O)N(C)c1ccc(NC(=O)CCl)cc1. The highest BCUT2D eigenvalue weighted by Crippen LogP contribution is 2.17. The van der Waals surface area contributed by atoms with E-state index in [1.165, 1.54) is 12.0 Å². The molecule has 1 rings (SSSR count). The average molecular weight is 257 g/mol. The fourth-order valence-electron chi connectivity index (χ4n) is 1.21. The van der Waals surface area contributed by atoms with Crippen molar-refractivity contribution in [3.05, 3.63) is 24.3 Å². The van der Waals surface area contributed by atoms with Gasteiger partial charge in [-0.1, -0.05) is 0 Å². The van der Waals surface area contributed by atoms with Crippen LogP contribution < -0.4 is 10.2 Å². The van der Waals surface area contributed by atoms with E-state index < -0.39 is 6.09 Å². The summed E-state index contributed by atoms with van der Waals surface area (Å²) in [4.78, 5) is 23.6. The summed E-state index contributed by atoms with van der Waals surface area (Å²) >= 11 is 5.36. The van der Waals surface area contributed by atoms with Crippen LogP contribution in [-0.4, -0.2) is 32.0 Å². The Balaban J connectivity index is 2.74. The van der Waals surface area contributed by atoms with Crippen molar-refractivity contribution in [1.29, 1.82) is 0 Å². The van der Waals surface area contributed by atoms with Gasteiger partial charge in [-0.15, -0.1) is 11.6 Å². The number of hydrogen-bond donors (Lipinski definition) is 1. The molecule has 1 aromatic rings. The van der Waals surface area contributed by atoms with Crippen LogP contribution in [0.2, 0.25) is 0 Å². The van der Waals surface area contributed by atoms with Crippen molar-refractivity contribution in [2.75, 3.05) is 30.3 Å². The Morgan fingerprint density at radius 3 is 2.41 bits per heavy atom. The number of benzene rings is 1. The van der Waals surface area contributed by atoms with Crippen LogP contribution in [0.5, 0.6) is 0 Å². The van der Waals surface area contributed by atoms with Gasteiger partial charge in [-0.05, 0) is 24.3 Å². The number of hydrogen-bond acceptors (Lipinski definition) is 3. The molecule has 0 radical (unpaired) electrons. The Morgan fingerprint density at radius 1 is 1.35 bits per heavy atom. The fraction of sp³-hybridized carbons (Fsp3) is 0.273. The molecule has 0 unspecified atom stereocenters. The van der Waals surface area contributed by atoms with Gasteiger partial charge < -0.3 is 10.1 Å². The highest BCUT2D eigenvalue weighted by molar-refractivity contribution is 6.29. The standard InChI is InChI=1S/C11H13ClN2O3/c1-14(11(16)17-2)9-5-3-8(4-6-9)13-10(15)7-12/h3-6H,7H2,1-2H3,(H,13,15). The molecule has 0 aliphatic rings. The molecule has 0 aromatic heterocycles. The predicted octanol–water partition coefficient (Wildman–Crippen LogP) is 2.07. The Bertz CT molecular complexity index is 406. The Kier molecular flexibility index (Phi) is 4.78. The van der Waals surface area contributed by atoms with E-state index in [-0.39, 0.29) is 11.8 Å².